The third-order valence-electron chi connectivity index (χ3n) is 6.67. The van der Waals surface area contributed by atoms with Crippen LogP contribution in [0.5, 0.6) is 5.75 Å². The van der Waals surface area contributed by atoms with E-state index in [1.54, 1.807) is 37.3 Å². The number of carbonyl (C=O) groups is 1. The second kappa shape index (κ2) is 9.78. The van der Waals surface area contributed by atoms with Crippen molar-refractivity contribution in [1.82, 2.24) is 14.5 Å². The minimum absolute atomic E-state index is 0.160. The van der Waals surface area contributed by atoms with Gasteiger partial charge in [-0.25, -0.2) is 4.98 Å². The predicted octanol–water partition coefficient (Wildman–Crippen LogP) is 6.49. The summed E-state index contributed by atoms with van der Waals surface area (Å²) in [6, 6.07) is 20.4. The first-order chi connectivity index (χ1) is 18.2. The van der Waals surface area contributed by atoms with Crippen molar-refractivity contribution in [3.05, 3.63) is 102 Å². The molecule has 38 heavy (non-hydrogen) atoms. The monoisotopic (exact) mass is 512 g/mol. The highest BCUT2D eigenvalue weighted by Crippen LogP contribution is 2.40. The molecular weight excluding hydrogens is 486 g/mol. The lowest BCUT2D eigenvalue weighted by Gasteiger charge is -2.20. The molecule has 0 saturated carbocycles. The van der Waals surface area contributed by atoms with Crippen molar-refractivity contribution >= 4 is 33.4 Å². The molecule has 192 valence electrons. The minimum atomic E-state index is -3.37. The highest BCUT2D eigenvalue weighted by atomic mass is 19.3. The Morgan fingerprint density at radius 1 is 1.03 bits per heavy atom. The van der Waals surface area contributed by atoms with Gasteiger partial charge in [0, 0.05) is 28.8 Å². The summed E-state index contributed by atoms with van der Waals surface area (Å²) in [6.07, 6.45) is 1.47. The molecule has 8 heteroatoms. The van der Waals surface area contributed by atoms with Gasteiger partial charge in [-0.15, -0.1) is 0 Å². The number of hydrogen-bond donors (Lipinski definition) is 1. The summed E-state index contributed by atoms with van der Waals surface area (Å²) in [5.41, 5.74) is 2.66. The van der Waals surface area contributed by atoms with Crippen LogP contribution in [-0.2, 0) is 17.3 Å². The summed E-state index contributed by atoms with van der Waals surface area (Å²) in [5, 5.41) is 8.71. The zero-order chi connectivity index (χ0) is 27.0. The number of alkyl halides is 2. The van der Waals surface area contributed by atoms with Crippen LogP contribution in [0.3, 0.4) is 0 Å². The number of nitrogens with one attached hydrogen (secondary N) is 1. The molecule has 1 atom stereocenters. The maximum absolute atomic E-state index is 16.0. The number of ether oxygens (including phenoxy) is 1. The number of pyridine rings is 1. The Kier molecular flexibility index (Phi) is 6.48. The average molecular weight is 513 g/mol. The standard InChI is InChI=1S/C30H26F2N4O2/c1-18(33)27(19(2)37)23-14-24-22(15-26(23)38-3)28-25(16-34-24)35-29(30(31,32)21-12-8-5-9-13-21)36(28)17-20-10-6-4-7-11-20/h4-16,27,33H,17H2,1-3H3. The fourth-order valence-electron chi connectivity index (χ4n) is 4.95. The molecule has 2 heterocycles. The fourth-order valence-corrected chi connectivity index (χ4v) is 4.95. The molecule has 0 aliphatic rings. The summed E-state index contributed by atoms with van der Waals surface area (Å²) < 4.78 is 39.2. The van der Waals surface area contributed by atoms with Crippen LogP contribution < -0.4 is 4.74 Å². The van der Waals surface area contributed by atoms with E-state index in [-0.39, 0.29) is 23.6 Å². The number of ketones is 1. The first-order valence-electron chi connectivity index (χ1n) is 12.1. The van der Waals surface area contributed by atoms with E-state index in [1.807, 2.05) is 30.3 Å². The van der Waals surface area contributed by atoms with Gasteiger partial charge in [-0.1, -0.05) is 60.7 Å². The first-order valence-corrected chi connectivity index (χ1v) is 12.1. The number of methoxy groups -OCH3 is 1. The number of fused-ring (bicyclic) bond motifs is 3. The summed E-state index contributed by atoms with van der Waals surface area (Å²) in [6.45, 7) is 3.16. The lowest BCUT2D eigenvalue weighted by molar-refractivity contribution is -0.117. The van der Waals surface area contributed by atoms with E-state index in [4.69, 9.17) is 10.1 Å². The maximum atomic E-state index is 16.0. The molecule has 1 unspecified atom stereocenters. The van der Waals surface area contributed by atoms with Crippen LogP contribution in [0.15, 0.2) is 79.0 Å². The van der Waals surface area contributed by atoms with Gasteiger partial charge in [0.25, 0.3) is 0 Å². The Morgan fingerprint density at radius 2 is 1.68 bits per heavy atom. The topological polar surface area (TPSA) is 80.9 Å². The molecule has 0 aliphatic heterocycles. The van der Waals surface area contributed by atoms with Gasteiger partial charge in [0.2, 0.25) is 0 Å². The smallest absolute Gasteiger partial charge is 0.330 e. The number of rotatable bonds is 8. The van der Waals surface area contributed by atoms with E-state index >= 15 is 8.78 Å². The summed E-state index contributed by atoms with van der Waals surface area (Å²) in [4.78, 5) is 21.3. The van der Waals surface area contributed by atoms with Crippen molar-refractivity contribution in [2.24, 2.45) is 0 Å². The van der Waals surface area contributed by atoms with Gasteiger partial charge in [-0.3, -0.25) is 9.78 Å². The number of imidazole rings is 1. The van der Waals surface area contributed by atoms with Crippen LogP contribution in [0, 0.1) is 5.41 Å². The molecule has 0 spiro atoms. The number of benzene rings is 3. The molecule has 0 bridgehead atoms. The predicted molar refractivity (Wildman–Crippen MR) is 143 cm³/mol. The number of halogens is 2. The lowest BCUT2D eigenvalue weighted by atomic mass is 9.89. The van der Waals surface area contributed by atoms with E-state index in [9.17, 15) is 4.79 Å². The first kappa shape index (κ1) is 25.2. The van der Waals surface area contributed by atoms with Crippen molar-refractivity contribution in [2.75, 3.05) is 7.11 Å². The van der Waals surface area contributed by atoms with Gasteiger partial charge in [0.05, 0.1) is 30.3 Å². The van der Waals surface area contributed by atoms with Gasteiger partial charge in [-0.05, 0) is 31.5 Å². The molecule has 0 saturated heterocycles. The maximum Gasteiger partial charge on any atom is 0.330 e. The quantitative estimate of drug-likeness (QED) is 0.241. The third-order valence-corrected chi connectivity index (χ3v) is 6.67. The third kappa shape index (κ3) is 4.32. The van der Waals surface area contributed by atoms with Gasteiger partial charge in [0.1, 0.15) is 17.0 Å². The Balaban J connectivity index is 1.82. The Labute approximate surface area is 218 Å². The van der Waals surface area contributed by atoms with Crippen molar-refractivity contribution in [2.45, 2.75) is 32.2 Å². The summed E-state index contributed by atoms with van der Waals surface area (Å²) >= 11 is 0. The Bertz CT molecular complexity index is 1650. The van der Waals surface area contributed by atoms with Crippen LogP contribution in [0.2, 0.25) is 0 Å². The Hall–Kier alpha value is -4.46. The van der Waals surface area contributed by atoms with Crippen molar-refractivity contribution < 1.29 is 18.3 Å². The molecule has 0 fully saturated rings. The molecule has 2 aromatic heterocycles. The van der Waals surface area contributed by atoms with Crippen LogP contribution >= 0.6 is 0 Å². The molecule has 3 aromatic carbocycles. The SMILES string of the molecule is COc1cc2c(cc1C(C(C)=N)C(C)=O)ncc1nc(C(F)(F)c3ccccc3)n(Cc3ccccc3)c12. The van der Waals surface area contributed by atoms with Gasteiger partial charge < -0.3 is 14.7 Å². The lowest BCUT2D eigenvalue weighted by Crippen LogP contribution is -2.22. The van der Waals surface area contributed by atoms with Gasteiger partial charge in [0.15, 0.2) is 5.82 Å². The van der Waals surface area contributed by atoms with Gasteiger partial charge >= 0.3 is 5.92 Å². The molecule has 6 nitrogen and oxygen atoms in total. The second-order valence-electron chi connectivity index (χ2n) is 9.28. The minimum Gasteiger partial charge on any atom is -0.496 e. The van der Waals surface area contributed by atoms with Crippen LogP contribution in [0.25, 0.3) is 21.9 Å². The Morgan fingerprint density at radius 3 is 2.29 bits per heavy atom. The van der Waals surface area contributed by atoms with Crippen LogP contribution in [0.1, 0.15) is 42.3 Å². The number of hydrogen-bond acceptors (Lipinski definition) is 5. The number of carbonyl (C=O) groups excluding carboxylic acids is 1. The zero-order valence-corrected chi connectivity index (χ0v) is 21.2. The normalized spacial score (nSPS) is 12.6. The van der Waals surface area contributed by atoms with Crippen LogP contribution in [-0.4, -0.2) is 33.1 Å². The van der Waals surface area contributed by atoms with Crippen molar-refractivity contribution in [3.63, 3.8) is 0 Å². The van der Waals surface area contributed by atoms with Crippen molar-refractivity contribution in [3.8, 4) is 5.75 Å². The zero-order valence-electron chi connectivity index (χ0n) is 21.2. The van der Waals surface area contributed by atoms with E-state index < -0.39 is 17.7 Å². The fraction of sp³-hybridized carbons (Fsp3) is 0.200. The molecular formula is C30H26F2N4O2. The highest BCUT2D eigenvalue weighted by Gasteiger charge is 2.40. The number of Topliss-reactive ketones (excluding diaryl/α,β-unsaturated/α-hetero) is 1. The van der Waals surface area contributed by atoms with E-state index in [0.717, 1.165) is 5.56 Å². The molecule has 5 rings (SSSR count). The van der Waals surface area contributed by atoms with E-state index in [1.165, 1.54) is 36.9 Å². The molecule has 5 aromatic rings. The number of nitrogens with zero attached hydrogens (tertiary/aromatic N) is 3. The van der Waals surface area contributed by atoms with E-state index in [0.29, 0.717) is 33.2 Å². The van der Waals surface area contributed by atoms with Crippen LogP contribution in [0.4, 0.5) is 8.78 Å². The van der Waals surface area contributed by atoms with Crippen molar-refractivity contribution in [1.29, 1.82) is 5.41 Å². The second-order valence-corrected chi connectivity index (χ2v) is 9.28. The molecule has 0 amide bonds. The van der Waals surface area contributed by atoms with E-state index in [2.05, 4.69) is 9.97 Å². The van der Waals surface area contributed by atoms with Gasteiger partial charge in [-0.2, -0.15) is 8.78 Å². The summed E-state index contributed by atoms with van der Waals surface area (Å²) in [7, 11) is 1.48. The number of aromatic nitrogens is 3. The highest BCUT2D eigenvalue weighted by molar-refractivity contribution is 6.09. The average Bonchev–Trinajstić information content (AvgIpc) is 3.28. The molecule has 1 N–H and O–H groups in total. The summed E-state index contributed by atoms with van der Waals surface area (Å²) in [5.74, 6) is -4.38. The molecule has 0 radical (unpaired) electrons. The largest absolute Gasteiger partial charge is 0.496 e. The molecule has 0 aliphatic carbocycles.